The Hall–Kier alpha value is -1.59. The van der Waals surface area contributed by atoms with Crippen molar-refractivity contribution >= 4 is 17.6 Å². The number of unbranched alkanes of at least 4 members (excludes halogenated alkanes) is 12. The maximum absolute atomic E-state index is 12.7. The third-order valence-electron chi connectivity index (χ3n) is 5.76. The standard InChI is InChI=1S/C25H50N4O2/c1-3-5-7-9-10-11-12-14-16-20-24(31)29-22(18-17-21-28-25(26)27)23(30)19-15-13-8-6-4-2/h22H,3-21H2,1-2H3,(H,29,31)(H4,26,27,28)/p+1. The van der Waals surface area contributed by atoms with Crippen LogP contribution in [0.15, 0.2) is 0 Å². The van der Waals surface area contributed by atoms with Gasteiger partial charge in [-0.25, -0.2) is 0 Å². The van der Waals surface area contributed by atoms with E-state index in [1.807, 2.05) is 0 Å². The van der Waals surface area contributed by atoms with Crippen LogP contribution in [-0.2, 0) is 9.59 Å². The molecule has 1 atom stereocenters. The number of Topliss-reactive ketones (excluding diaryl/α,β-unsaturated/α-hetero) is 1. The highest BCUT2D eigenvalue weighted by Crippen LogP contribution is 2.12. The number of hydrogen-bond donors (Lipinski definition) is 4. The fourth-order valence-electron chi connectivity index (χ4n) is 3.79. The fraction of sp³-hybridized carbons (Fsp3) is 0.880. The number of rotatable bonds is 22. The van der Waals surface area contributed by atoms with Gasteiger partial charge in [-0.15, -0.1) is 0 Å². The molecule has 0 fully saturated rings. The van der Waals surface area contributed by atoms with E-state index in [9.17, 15) is 9.59 Å². The summed E-state index contributed by atoms with van der Waals surface area (Å²) in [4.78, 5) is 27.9. The van der Waals surface area contributed by atoms with Gasteiger partial charge in [0.1, 0.15) is 0 Å². The van der Waals surface area contributed by atoms with E-state index in [1.165, 1.54) is 64.2 Å². The van der Waals surface area contributed by atoms with Crippen LogP contribution in [-0.4, -0.2) is 30.2 Å². The lowest BCUT2D eigenvalue weighted by Gasteiger charge is -2.17. The molecular weight excluding hydrogens is 388 g/mol. The van der Waals surface area contributed by atoms with Crippen molar-refractivity contribution in [2.24, 2.45) is 11.5 Å². The average Bonchev–Trinajstić information content (AvgIpc) is 2.74. The van der Waals surface area contributed by atoms with Gasteiger partial charge in [0.25, 0.3) is 0 Å². The van der Waals surface area contributed by atoms with E-state index in [4.69, 9.17) is 11.5 Å². The Labute approximate surface area is 191 Å². The SMILES string of the molecule is CCCCCCCCCCCC(=O)NC(CCC[NH+]=C(N)N)C(=O)CCCCCCC. The minimum absolute atomic E-state index is 0.00476. The van der Waals surface area contributed by atoms with Crippen LogP contribution in [0.4, 0.5) is 0 Å². The second-order valence-electron chi connectivity index (χ2n) is 8.85. The Kier molecular flexibility index (Phi) is 20.5. The smallest absolute Gasteiger partial charge is 0.338 e. The molecule has 182 valence electrons. The zero-order valence-corrected chi connectivity index (χ0v) is 20.5. The van der Waals surface area contributed by atoms with E-state index in [0.29, 0.717) is 25.8 Å². The summed E-state index contributed by atoms with van der Waals surface area (Å²) in [5.74, 6) is 0.347. The van der Waals surface area contributed by atoms with E-state index in [1.54, 1.807) is 0 Å². The highest BCUT2D eigenvalue weighted by molar-refractivity contribution is 5.89. The normalized spacial score (nSPS) is 11.8. The van der Waals surface area contributed by atoms with Crippen molar-refractivity contribution in [1.82, 2.24) is 5.32 Å². The van der Waals surface area contributed by atoms with E-state index >= 15 is 0 Å². The zero-order chi connectivity index (χ0) is 23.2. The van der Waals surface area contributed by atoms with Crippen LogP contribution in [0.25, 0.3) is 0 Å². The van der Waals surface area contributed by atoms with Gasteiger partial charge in [-0.1, -0.05) is 90.9 Å². The highest BCUT2D eigenvalue weighted by Gasteiger charge is 2.19. The van der Waals surface area contributed by atoms with Crippen LogP contribution in [0.5, 0.6) is 0 Å². The quantitative estimate of drug-likeness (QED) is 0.118. The van der Waals surface area contributed by atoms with Gasteiger partial charge in [0, 0.05) is 12.8 Å². The van der Waals surface area contributed by atoms with Crippen molar-refractivity contribution < 1.29 is 14.6 Å². The molecule has 0 bridgehead atoms. The highest BCUT2D eigenvalue weighted by atomic mass is 16.2. The molecule has 0 aliphatic rings. The van der Waals surface area contributed by atoms with Crippen molar-refractivity contribution in [3.05, 3.63) is 0 Å². The zero-order valence-electron chi connectivity index (χ0n) is 20.5. The summed E-state index contributed by atoms with van der Waals surface area (Å²) in [6.45, 7) is 5.03. The number of nitrogens with one attached hydrogen (secondary N) is 2. The van der Waals surface area contributed by atoms with Gasteiger partial charge in [-0.3, -0.25) is 26.0 Å². The number of nitrogens with two attached hydrogens (primary N) is 2. The maximum atomic E-state index is 12.7. The van der Waals surface area contributed by atoms with Gasteiger partial charge in [0.2, 0.25) is 5.91 Å². The summed E-state index contributed by atoms with van der Waals surface area (Å²) in [5.41, 5.74) is 10.8. The minimum atomic E-state index is -0.391. The molecular formula is C25H51N4O2+. The lowest BCUT2D eigenvalue weighted by molar-refractivity contribution is -0.459. The molecule has 0 spiro atoms. The second kappa shape index (κ2) is 21.6. The molecule has 6 N–H and O–H groups in total. The molecule has 0 saturated carbocycles. The third-order valence-corrected chi connectivity index (χ3v) is 5.76. The van der Waals surface area contributed by atoms with Gasteiger partial charge in [0.05, 0.1) is 12.6 Å². The van der Waals surface area contributed by atoms with Crippen molar-refractivity contribution in [3.8, 4) is 0 Å². The molecule has 0 aliphatic carbocycles. The maximum Gasteiger partial charge on any atom is 0.338 e. The Morgan fingerprint density at radius 3 is 1.71 bits per heavy atom. The molecule has 0 radical (unpaired) electrons. The lowest BCUT2D eigenvalue weighted by atomic mass is 10.00. The fourth-order valence-corrected chi connectivity index (χ4v) is 3.79. The van der Waals surface area contributed by atoms with Crippen molar-refractivity contribution in [1.29, 1.82) is 0 Å². The largest absolute Gasteiger partial charge is 0.346 e. The average molecular weight is 440 g/mol. The van der Waals surface area contributed by atoms with Gasteiger partial charge in [-0.05, 0) is 25.7 Å². The molecule has 31 heavy (non-hydrogen) atoms. The van der Waals surface area contributed by atoms with Gasteiger partial charge < -0.3 is 5.32 Å². The first-order valence-corrected chi connectivity index (χ1v) is 12.9. The van der Waals surface area contributed by atoms with E-state index in [0.717, 1.165) is 32.1 Å². The molecule has 0 saturated heterocycles. The van der Waals surface area contributed by atoms with Crippen LogP contribution in [0.1, 0.15) is 129 Å². The number of guanidine groups is 1. The van der Waals surface area contributed by atoms with Crippen LogP contribution in [0.2, 0.25) is 0 Å². The van der Waals surface area contributed by atoms with Crippen LogP contribution in [0, 0.1) is 0 Å². The summed E-state index contributed by atoms with van der Waals surface area (Å²) in [6.07, 6.45) is 19.1. The summed E-state index contributed by atoms with van der Waals surface area (Å²) < 4.78 is 0. The van der Waals surface area contributed by atoms with Gasteiger partial charge in [0.15, 0.2) is 5.78 Å². The van der Waals surface area contributed by atoms with E-state index in [-0.39, 0.29) is 17.6 Å². The van der Waals surface area contributed by atoms with Crippen molar-refractivity contribution in [2.45, 2.75) is 135 Å². The summed E-state index contributed by atoms with van der Waals surface area (Å²) >= 11 is 0. The van der Waals surface area contributed by atoms with Crippen LogP contribution >= 0.6 is 0 Å². The van der Waals surface area contributed by atoms with E-state index in [2.05, 4.69) is 24.2 Å². The number of amides is 1. The van der Waals surface area contributed by atoms with Crippen LogP contribution < -0.4 is 21.8 Å². The Bertz CT molecular complexity index is 476. The summed E-state index contributed by atoms with van der Waals surface area (Å²) in [5, 5.41) is 3.00. The molecule has 0 aromatic carbocycles. The van der Waals surface area contributed by atoms with Crippen molar-refractivity contribution in [3.63, 3.8) is 0 Å². The van der Waals surface area contributed by atoms with Crippen molar-refractivity contribution in [2.75, 3.05) is 6.54 Å². The number of carbonyl (C=O) groups is 2. The first-order chi connectivity index (χ1) is 15.0. The Morgan fingerprint density at radius 1 is 0.710 bits per heavy atom. The molecule has 6 heteroatoms. The predicted molar refractivity (Wildman–Crippen MR) is 131 cm³/mol. The summed E-state index contributed by atoms with van der Waals surface area (Å²) in [6, 6.07) is -0.391. The number of ketones is 1. The molecule has 1 amide bonds. The molecule has 0 heterocycles. The molecule has 0 aromatic heterocycles. The summed E-state index contributed by atoms with van der Waals surface area (Å²) in [7, 11) is 0. The minimum Gasteiger partial charge on any atom is -0.346 e. The molecule has 6 nitrogen and oxygen atoms in total. The number of hydrogen-bond acceptors (Lipinski definition) is 2. The lowest BCUT2D eigenvalue weighted by Crippen LogP contribution is -2.78. The predicted octanol–water partition coefficient (Wildman–Crippen LogP) is 3.46. The molecule has 1 unspecified atom stereocenters. The third kappa shape index (κ3) is 20.1. The molecule has 0 aliphatic heterocycles. The second-order valence-corrected chi connectivity index (χ2v) is 8.85. The molecule has 0 rings (SSSR count). The van der Waals surface area contributed by atoms with Crippen LogP contribution in [0.3, 0.4) is 0 Å². The topological polar surface area (TPSA) is 112 Å². The first kappa shape index (κ1) is 29.4. The van der Waals surface area contributed by atoms with Gasteiger partial charge >= 0.3 is 5.96 Å². The first-order valence-electron chi connectivity index (χ1n) is 12.9. The van der Waals surface area contributed by atoms with Gasteiger partial charge in [-0.2, -0.15) is 0 Å². The van der Waals surface area contributed by atoms with E-state index < -0.39 is 6.04 Å². The Morgan fingerprint density at radius 2 is 1.19 bits per heavy atom. The molecule has 0 aromatic rings. The monoisotopic (exact) mass is 439 g/mol. The Balaban J connectivity index is 4.19. The number of carbonyl (C=O) groups excluding carboxylic acids is 2.